The van der Waals surface area contributed by atoms with E-state index in [-0.39, 0.29) is 18.1 Å². The summed E-state index contributed by atoms with van der Waals surface area (Å²) in [6.07, 6.45) is 1.42. The lowest BCUT2D eigenvalue weighted by atomic mass is 10.0. The van der Waals surface area contributed by atoms with Crippen LogP contribution in [0.25, 0.3) is 0 Å². The maximum Gasteiger partial charge on any atom is 0.285 e. The Balaban J connectivity index is 0.00000192. The maximum absolute atomic E-state index is 12.0. The number of nitrogens with zero attached hydrogens (tertiary/aromatic N) is 3. The van der Waals surface area contributed by atoms with Crippen LogP contribution in [0.5, 0.6) is 5.75 Å². The van der Waals surface area contributed by atoms with Gasteiger partial charge in [0.25, 0.3) is 11.5 Å². The van der Waals surface area contributed by atoms with Crippen LogP contribution in [0.4, 0.5) is 17.2 Å². The number of benzene rings is 1. The van der Waals surface area contributed by atoms with E-state index in [0.29, 0.717) is 23.8 Å². The molecule has 0 atom stereocenters. The van der Waals surface area contributed by atoms with E-state index in [2.05, 4.69) is 0 Å². The van der Waals surface area contributed by atoms with Gasteiger partial charge in [0.15, 0.2) is 11.4 Å². The van der Waals surface area contributed by atoms with Gasteiger partial charge >= 0.3 is 0 Å². The highest BCUT2D eigenvalue weighted by Gasteiger charge is 2.39. The molecule has 1 aromatic heterocycles. The number of anilines is 2. The number of hydrogen-bond acceptors (Lipinski definition) is 5. The summed E-state index contributed by atoms with van der Waals surface area (Å²) < 4.78 is 6.61. The fourth-order valence-electron chi connectivity index (χ4n) is 2.55. The lowest BCUT2D eigenvalue weighted by Crippen LogP contribution is -2.48. The molecular formula is C15H16ClN3O4. The molecule has 0 amide bonds. The molecule has 8 heteroatoms. The van der Waals surface area contributed by atoms with Gasteiger partial charge in [-0.05, 0) is 26.0 Å². The van der Waals surface area contributed by atoms with E-state index in [1.54, 1.807) is 24.3 Å². The largest absolute Gasteiger partial charge is 0.711 e. The molecular weight excluding hydrogens is 322 g/mol. The molecule has 0 aliphatic carbocycles. The van der Waals surface area contributed by atoms with Crippen molar-refractivity contribution < 1.29 is 14.4 Å². The van der Waals surface area contributed by atoms with Crippen molar-refractivity contribution in [2.75, 3.05) is 11.4 Å². The van der Waals surface area contributed by atoms with Gasteiger partial charge in [-0.25, -0.2) is 9.63 Å². The summed E-state index contributed by atoms with van der Waals surface area (Å²) in [5.74, 6) is 0.850. The Bertz CT molecular complexity index is 751. The van der Waals surface area contributed by atoms with E-state index < -0.39 is 10.5 Å². The molecule has 1 aliphatic heterocycles. The zero-order valence-electron chi connectivity index (χ0n) is 12.6. The molecule has 0 saturated heterocycles. The Morgan fingerprint density at radius 3 is 2.70 bits per heavy atom. The SMILES string of the molecule is CC1(C)CN(c2cccc[n+]2[O-])c2ccc([N+](=O)[O-])cc2O1.Cl. The Labute approximate surface area is 139 Å². The van der Waals surface area contributed by atoms with Crippen LogP contribution in [0.2, 0.25) is 0 Å². The minimum Gasteiger partial charge on any atom is -0.711 e. The second-order valence-corrected chi connectivity index (χ2v) is 5.74. The van der Waals surface area contributed by atoms with Crippen LogP contribution in [0.15, 0.2) is 42.6 Å². The van der Waals surface area contributed by atoms with Gasteiger partial charge in [0.1, 0.15) is 12.1 Å². The van der Waals surface area contributed by atoms with Gasteiger partial charge in [-0.1, -0.05) is 6.07 Å². The van der Waals surface area contributed by atoms with Crippen LogP contribution in [0, 0.1) is 15.3 Å². The van der Waals surface area contributed by atoms with Crippen molar-refractivity contribution in [3.05, 3.63) is 57.9 Å². The monoisotopic (exact) mass is 337 g/mol. The van der Waals surface area contributed by atoms with Crippen molar-refractivity contribution in [2.45, 2.75) is 19.4 Å². The number of rotatable bonds is 2. The third-order valence-corrected chi connectivity index (χ3v) is 3.45. The quantitative estimate of drug-likeness (QED) is 0.364. The molecule has 0 N–H and O–H groups in total. The molecule has 7 nitrogen and oxygen atoms in total. The van der Waals surface area contributed by atoms with Crippen LogP contribution in [-0.4, -0.2) is 17.1 Å². The van der Waals surface area contributed by atoms with E-state index in [9.17, 15) is 15.3 Å². The minimum atomic E-state index is -0.578. The predicted molar refractivity (Wildman–Crippen MR) is 87.5 cm³/mol. The van der Waals surface area contributed by atoms with Crippen LogP contribution in [0.1, 0.15) is 13.8 Å². The van der Waals surface area contributed by atoms with Crippen LogP contribution in [-0.2, 0) is 0 Å². The van der Waals surface area contributed by atoms with Gasteiger partial charge in [0.2, 0.25) is 0 Å². The predicted octanol–water partition coefficient (Wildman–Crippen LogP) is 2.96. The first-order chi connectivity index (χ1) is 10.4. The Morgan fingerprint density at radius 2 is 2.04 bits per heavy atom. The zero-order chi connectivity index (χ0) is 15.9. The van der Waals surface area contributed by atoms with E-state index in [1.165, 1.54) is 18.3 Å². The second-order valence-electron chi connectivity index (χ2n) is 5.74. The Kier molecular flexibility index (Phi) is 4.33. The summed E-state index contributed by atoms with van der Waals surface area (Å²) in [7, 11) is 0. The molecule has 3 rings (SSSR count). The topological polar surface area (TPSA) is 82.5 Å². The van der Waals surface area contributed by atoms with Crippen molar-refractivity contribution in [3.63, 3.8) is 0 Å². The van der Waals surface area contributed by atoms with Crippen molar-refractivity contribution in [1.82, 2.24) is 0 Å². The van der Waals surface area contributed by atoms with Crippen molar-refractivity contribution in [2.24, 2.45) is 0 Å². The fraction of sp³-hybridized carbons (Fsp3) is 0.267. The lowest BCUT2D eigenvalue weighted by Gasteiger charge is -2.36. The van der Waals surface area contributed by atoms with Gasteiger partial charge in [0.05, 0.1) is 17.2 Å². The fourth-order valence-corrected chi connectivity index (χ4v) is 2.55. The van der Waals surface area contributed by atoms with Gasteiger partial charge in [-0.15, -0.1) is 12.4 Å². The molecule has 23 heavy (non-hydrogen) atoms. The third-order valence-electron chi connectivity index (χ3n) is 3.45. The molecule has 2 heterocycles. The highest BCUT2D eigenvalue weighted by molar-refractivity contribution is 5.85. The van der Waals surface area contributed by atoms with Gasteiger partial charge in [-0.2, -0.15) is 0 Å². The van der Waals surface area contributed by atoms with E-state index in [0.717, 1.165) is 4.73 Å². The van der Waals surface area contributed by atoms with E-state index in [1.807, 2.05) is 18.7 Å². The average molecular weight is 338 g/mol. The first-order valence-electron chi connectivity index (χ1n) is 6.81. The van der Waals surface area contributed by atoms with Crippen LogP contribution in [0.3, 0.4) is 0 Å². The highest BCUT2D eigenvalue weighted by atomic mass is 35.5. The highest BCUT2D eigenvalue weighted by Crippen LogP contribution is 2.41. The number of nitro groups is 1. The van der Waals surface area contributed by atoms with E-state index in [4.69, 9.17) is 4.74 Å². The van der Waals surface area contributed by atoms with Crippen LogP contribution >= 0.6 is 12.4 Å². The summed E-state index contributed by atoms with van der Waals surface area (Å²) in [5, 5.41) is 23.0. The summed E-state index contributed by atoms with van der Waals surface area (Å²) in [5.41, 5.74) is 0.0191. The standard InChI is InChI=1S/C15H15N3O4.ClH/c1-15(2)10-16(14-5-3-4-8-17(14)19)12-7-6-11(18(20)21)9-13(12)22-15;/h3-9H,10H2,1-2H3;1H. The molecule has 2 aromatic rings. The maximum atomic E-state index is 12.0. The van der Waals surface area contributed by atoms with Gasteiger partial charge in [0, 0.05) is 12.1 Å². The zero-order valence-corrected chi connectivity index (χ0v) is 13.4. The molecule has 1 aliphatic rings. The molecule has 0 saturated carbocycles. The molecule has 0 unspecified atom stereocenters. The molecule has 0 fully saturated rings. The Morgan fingerprint density at radius 1 is 1.30 bits per heavy atom. The first-order valence-corrected chi connectivity index (χ1v) is 6.81. The average Bonchev–Trinajstić information content (AvgIpc) is 2.45. The van der Waals surface area contributed by atoms with Crippen molar-refractivity contribution in [1.29, 1.82) is 0 Å². The minimum absolute atomic E-state index is 0. The normalized spacial score (nSPS) is 15.1. The number of ether oxygens (including phenoxy) is 1. The smallest absolute Gasteiger partial charge is 0.285 e. The summed E-state index contributed by atoms with van der Waals surface area (Å²) >= 11 is 0. The number of fused-ring (bicyclic) bond motifs is 1. The van der Waals surface area contributed by atoms with Crippen molar-refractivity contribution >= 4 is 29.6 Å². The number of nitro benzene ring substituents is 1. The number of non-ortho nitro benzene ring substituents is 1. The molecule has 0 spiro atoms. The number of hydrogen-bond donors (Lipinski definition) is 0. The molecule has 122 valence electrons. The van der Waals surface area contributed by atoms with E-state index >= 15 is 0 Å². The molecule has 1 aromatic carbocycles. The van der Waals surface area contributed by atoms with Gasteiger partial charge in [-0.3, -0.25) is 10.1 Å². The third kappa shape index (κ3) is 3.14. The second kappa shape index (κ2) is 5.92. The summed E-state index contributed by atoms with van der Waals surface area (Å²) in [6, 6.07) is 9.54. The summed E-state index contributed by atoms with van der Waals surface area (Å²) in [4.78, 5) is 12.3. The molecule has 0 bridgehead atoms. The first kappa shape index (κ1) is 16.8. The number of halogens is 1. The molecule has 0 radical (unpaired) electrons. The van der Waals surface area contributed by atoms with Gasteiger partial charge < -0.3 is 9.94 Å². The Hall–Kier alpha value is -2.54. The lowest BCUT2D eigenvalue weighted by molar-refractivity contribution is -0.592. The van der Waals surface area contributed by atoms with Crippen molar-refractivity contribution in [3.8, 4) is 5.75 Å². The number of aromatic nitrogens is 1. The summed E-state index contributed by atoms with van der Waals surface area (Å²) in [6.45, 7) is 4.21. The van der Waals surface area contributed by atoms with Crippen LogP contribution < -0.4 is 14.4 Å². The number of pyridine rings is 1.